The minimum absolute atomic E-state index is 0.00148. The normalized spacial score (nSPS) is 14.7. The number of hydrogen-bond acceptors (Lipinski definition) is 11. The Morgan fingerprint density at radius 2 is 1.14 bits per heavy atom. The molecule has 4 aromatic heterocycles. The average molecular weight is 881 g/mol. The third-order valence-electron chi connectivity index (χ3n) is 12.5. The molecule has 0 saturated carbocycles. The van der Waals surface area contributed by atoms with Crippen molar-refractivity contribution in [3.05, 3.63) is 140 Å². The zero-order valence-corrected chi connectivity index (χ0v) is 36.2. The molecule has 16 heteroatoms. The molecule has 4 aromatic carbocycles. The molecule has 66 heavy (non-hydrogen) atoms. The van der Waals surface area contributed by atoms with E-state index in [2.05, 4.69) is 16.5 Å². The summed E-state index contributed by atoms with van der Waals surface area (Å²) in [4.78, 5) is 43.7. The van der Waals surface area contributed by atoms with E-state index in [1.165, 1.54) is 12.4 Å². The summed E-state index contributed by atoms with van der Waals surface area (Å²) in [6, 6.07) is 34.5. The number of nitrogens with one attached hydrogen (secondary N) is 1. The monoisotopic (exact) mass is 880 g/mol. The number of para-hydroxylation sites is 2. The number of nitrogens with zero attached hydrogens (tertiary/aromatic N) is 10. The first-order valence-corrected chi connectivity index (χ1v) is 22.2. The van der Waals surface area contributed by atoms with Crippen LogP contribution in [0.4, 0.5) is 5.82 Å². The van der Waals surface area contributed by atoms with Gasteiger partial charge in [-0.05, 0) is 105 Å². The second-order valence-corrected chi connectivity index (χ2v) is 16.5. The van der Waals surface area contributed by atoms with Gasteiger partial charge in [-0.2, -0.15) is 10.2 Å². The highest BCUT2D eigenvalue weighted by molar-refractivity contribution is 5.98. The molecule has 2 aliphatic heterocycles. The molecule has 0 aliphatic carbocycles. The van der Waals surface area contributed by atoms with Gasteiger partial charge in [-0.25, -0.2) is 24.3 Å². The van der Waals surface area contributed by atoms with Gasteiger partial charge in [0.1, 0.15) is 52.0 Å². The molecule has 6 heterocycles. The Morgan fingerprint density at radius 3 is 1.67 bits per heavy atom. The maximum Gasteiger partial charge on any atom is 0.245 e. The minimum Gasteiger partial charge on any atom is -0.457 e. The first-order chi connectivity index (χ1) is 32.3. The summed E-state index contributed by atoms with van der Waals surface area (Å²) in [5, 5.41) is 20.9. The minimum atomic E-state index is -0.0847. The number of rotatable bonds is 12. The van der Waals surface area contributed by atoms with E-state index in [4.69, 9.17) is 30.4 Å². The van der Waals surface area contributed by atoms with Crippen LogP contribution in [0.5, 0.6) is 23.0 Å². The van der Waals surface area contributed by atoms with Gasteiger partial charge in [0.2, 0.25) is 11.8 Å². The zero-order chi connectivity index (χ0) is 45.1. The predicted molar refractivity (Wildman–Crippen MR) is 250 cm³/mol. The van der Waals surface area contributed by atoms with Crippen LogP contribution in [0.25, 0.3) is 44.6 Å². The lowest BCUT2D eigenvalue weighted by atomic mass is 10.0. The van der Waals surface area contributed by atoms with E-state index in [0.29, 0.717) is 103 Å². The Hall–Kier alpha value is -8.14. The fourth-order valence-corrected chi connectivity index (χ4v) is 8.98. The van der Waals surface area contributed by atoms with Crippen molar-refractivity contribution >= 4 is 39.7 Å². The van der Waals surface area contributed by atoms with Gasteiger partial charge in [0.25, 0.3) is 0 Å². The average Bonchev–Trinajstić information content (AvgIpc) is 3.96. The summed E-state index contributed by atoms with van der Waals surface area (Å²) in [6.07, 6.45) is 7.38. The third kappa shape index (κ3) is 8.35. The van der Waals surface area contributed by atoms with E-state index < -0.39 is 0 Å². The number of carbonyl (C=O) groups is 2. The van der Waals surface area contributed by atoms with Crippen LogP contribution in [0.1, 0.15) is 44.2 Å². The maximum atomic E-state index is 13.8. The predicted octanol–water partition coefficient (Wildman–Crippen LogP) is 7.96. The molecule has 0 unspecified atom stereocenters. The van der Waals surface area contributed by atoms with Gasteiger partial charge in [-0.3, -0.25) is 15.0 Å². The van der Waals surface area contributed by atoms with Crippen LogP contribution in [0.15, 0.2) is 135 Å². The van der Waals surface area contributed by atoms with Gasteiger partial charge < -0.3 is 29.6 Å². The molecule has 2 amide bonds. The van der Waals surface area contributed by atoms with Gasteiger partial charge in [0.15, 0.2) is 11.3 Å². The molecular formula is C50H48N12O4. The number of nitrogen functional groups attached to an aromatic ring is 1. The van der Waals surface area contributed by atoms with Crippen molar-refractivity contribution in [3.63, 3.8) is 0 Å². The summed E-state index contributed by atoms with van der Waals surface area (Å²) < 4.78 is 17.6. The Morgan fingerprint density at radius 1 is 0.652 bits per heavy atom. The number of anilines is 1. The summed E-state index contributed by atoms with van der Waals surface area (Å²) in [6.45, 7) is 6.15. The molecule has 2 fully saturated rings. The Kier molecular flexibility index (Phi) is 11.5. The van der Waals surface area contributed by atoms with E-state index in [1.54, 1.807) is 15.8 Å². The molecule has 16 nitrogen and oxygen atoms in total. The number of amides is 2. The molecule has 332 valence electrons. The topological polar surface area (TPSA) is 188 Å². The van der Waals surface area contributed by atoms with E-state index in [0.717, 1.165) is 22.6 Å². The first kappa shape index (κ1) is 41.8. The van der Waals surface area contributed by atoms with Gasteiger partial charge in [0, 0.05) is 50.3 Å². The highest BCUT2D eigenvalue weighted by atomic mass is 16.5. The number of likely N-dealkylation sites (tertiary alicyclic amines) is 2. The van der Waals surface area contributed by atoms with Crippen LogP contribution in [0.2, 0.25) is 0 Å². The lowest BCUT2D eigenvalue weighted by Gasteiger charge is -2.32. The standard InChI is InChI=1S/C50H48N12O4/c1-2-41(63)58-26-21-36(22-27-58)62-50-44(46(57-62)34-15-19-40(20-16-34)66-38-11-7-4-8-12-38)48(52)60(32-55-50)30-25-42(64)59-28-23-35(24-29-59)61-49-43(47(51)53-31-54-49)45(56-61)33-13-17-39(18-14-33)65-37-9-5-3-6-10-37/h2-20,31-32,35-36,52H,1,21-30H2,(H2,51,53,54). The first-order valence-electron chi connectivity index (χ1n) is 22.2. The smallest absolute Gasteiger partial charge is 0.245 e. The number of ether oxygens (including phenoxy) is 2. The third-order valence-corrected chi connectivity index (χ3v) is 12.5. The van der Waals surface area contributed by atoms with Crippen LogP contribution in [-0.4, -0.2) is 86.9 Å². The number of benzene rings is 4. The van der Waals surface area contributed by atoms with E-state index >= 15 is 0 Å². The second kappa shape index (κ2) is 18.2. The van der Waals surface area contributed by atoms with Crippen LogP contribution in [0, 0.1) is 5.41 Å². The number of hydrogen-bond donors (Lipinski definition) is 2. The van der Waals surface area contributed by atoms with Crippen LogP contribution < -0.4 is 20.7 Å². The van der Waals surface area contributed by atoms with Crippen LogP contribution in [-0.2, 0) is 16.1 Å². The van der Waals surface area contributed by atoms with Crippen molar-refractivity contribution < 1.29 is 19.1 Å². The molecule has 10 rings (SSSR count). The van der Waals surface area contributed by atoms with Crippen molar-refractivity contribution in [3.8, 4) is 45.5 Å². The number of aryl methyl sites for hydroxylation is 1. The molecular weight excluding hydrogens is 833 g/mol. The number of fused-ring (bicyclic) bond motifs is 2. The molecule has 3 N–H and O–H groups in total. The number of aromatic nitrogens is 8. The lowest BCUT2D eigenvalue weighted by Crippen LogP contribution is -2.40. The molecule has 2 saturated heterocycles. The maximum absolute atomic E-state index is 13.8. The summed E-state index contributed by atoms with van der Waals surface area (Å²) in [5.74, 6) is 3.13. The van der Waals surface area contributed by atoms with Crippen molar-refractivity contribution in [2.24, 2.45) is 0 Å². The Balaban J connectivity index is 0.846. The molecule has 0 radical (unpaired) electrons. The Labute approximate surface area is 380 Å². The highest BCUT2D eigenvalue weighted by Crippen LogP contribution is 2.36. The van der Waals surface area contributed by atoms with Crippen LogP contribution >= 0.6 is 0 Å². The van der Waals surface area contributed by atoms with E-state index in [-0.39, 0.29) is 42.4 Å². The van der Waals surface area contributed by atoms with E-state index in [1.807, 2.05) is 123 Å². The molecule has 0 bridgehead atoms. The molecule has 0 spiro atoms. The molecule has 8 aromatic rings. The SMILES string of the molecule is C=CC(=O)N1CCC(n2nc(-c3ccc(Oc4ccccc4)cc3)c3c(=N)n(CCC(=O)N4CCC(n5nc(-c6ccc(Oc7ccccc7)cc6)c6c(N)ncnc65)CC4)cnc32)CC1. The lowest BCUT2D eigenvalue weighted by molar-refractivity contribution is -0.132. The highest BCUT2D eigenvalue weighted by Gasteiger charge is 2.30. The molecule has 0 atom stereocenters. The zero-order valence-electron chi connectivity index (χ0n) is 36.2. The summed E-state index contributed by atoms with van der Waals surface area (Å²) >= 11 is 0. The fourth-order valence-electron chi connectivity index (χ4n) is 8.98. The number of carbonyl (C=O) groups excluding carboxylic acids is 2. The van der Waals surface area contributed by atoms with Gasteiger partial charge in [-0.1, -0.05) is 43.0 Å². The van der Waals surface area contributed by atoms with Crippen molar-refractivity contribution in [2.75, 3.05) is 31.9 Å². The van der Waals surface area contributed by atoms with Crippen molar-refractivity contribution in [1.29, 1.82) is 5.41 Å². The van der Waals surface area contributed by atoms with Gasteiger partial charge in [0.05, 0.1) is 29.2 Å². The van der Waals surface area contributed by atoms with E-state index in [9.17, 15) is 15.0 Å². The number of nitrogens with two attached hydrogens (primary N) is 1. The quantitative estimate of drug-likeness (QED) is 0.114. The number of piperidine rings is 2. The molecule has 2 aliphatic rings. The second-order valence-electron chi connectivity index (χ2n) is 16.5. The van der Waals surface area contributed by atoms with Crippen molar-refractivity contribution in [2.45, 2.75) is 50.7 Å². The largest absolute Gasteiger partial charge is 0.457 e. The van der Waals surface area contributed by atoms with Gasteiger partial charge >= 0.3 is 0 Å². The Bertz CT molecular complexity index is 3100. The summed E-state index contributed by atoms with van der Waals surface area (Å²) in [7, 11) is 0. The summed E-state index contributed by atoms with van der Waals surface area (Å²) in [5.41, 5.74) is 10.9. The van der Waals surface area contributed by atoms with Gasteiger partial charge in [-0.15, -0.1) is 0 Å². The van der Waals surface area contributed by atoms with Crippen LogP contribution in [0.3, 0.4) is 0 Å². The fraction of sp³-hybridized carbons (Fsp3) is 0.240. The van der Waals surface area contributed by atoms with Crippen molar-refractivity contribution in [1.82, 2.24) is 48.9 Å².